The lowest BCUT2D eigenvalue weighted by molar-refractivity contribution is -0.126. The third-order valence-corrected chi connectivity index (χ3v) is 4.65. The van der Waals surface area contributed by atoms with E-state index in [2.05, 4.69) is 31.1 Å². The molecule has 0 spiro atoms. The average molecular weight is 310 g/mol. The van der Waals surface area contributed by atoms with Crippen molar-refractivity contribution in [1.29, 1.82) is 0 Å². The van der Waals surface area contributed by atoms with Gasteiger partial charge < -0.3 is 4.90 Å². The summed E-state index contributed by atoms with van der Waals surface area (Å²) >= 11 is 6.15. The van der Waals surface area contributed by atoms with E-state index in [4.69, 9.17) is 17.4 Å². The lowest BCUT2D eigenvalue weighted by Crippen LogP contribution is -2.65. The fourth-order valence-electron chi connectivity index (χ4n) is 3.74. The van der Waals surface area contributed by atoms with Gasteiger partial charge in [0.1, 0.15) is 5.54 Å². The molecule has 4 nitrogen and oxygen atoms in total. The third-order valence-electron chi connectivity index (χ3n) is 4.42. The van der Waals surface area contributed by atoms with Crippen molar-refractivity contribution in [3.8, 4) is 0 Å². The Kier molecular flexibility index (Phi) is 3.98. The van der Waals surface area contributed by atoms with Crippen molar-refractivity contribution in [2.75, 3.05) is 4.90 Å². The molecule has 0 unspecified atom stereocenters. The van der Waals surface area contributed by atoms with Gasteiger partial charge in [-0.2, -0.15) is 0 Å². The Labute approximate surface area is 131 Å². The highest BCUT2D eigenvalue weighted by molar-refractivity contribution is 6.30. The maximum Gasteiger partial charge on any atom is 0.259 e. The molecule has 5 heteroatoms. The summed E-state index contributed by atoms with van der Waals surface area (Å²) in [6.45, 7) is 10.3. The quantitative estimate of drug-likeness (QED) is 0.501. The van der Waals surface area contributed by atoms with Gasteiger partial charge in [0.05, 0.1) is 0 Å². The highest BCUT2D eigenvalue weighted by atomic mass is 35.5. The van der Waals surface area contributed by atoms with Crippen molar-refractivity contribution in [3.63, 3.8) is 0 Å². The van der Waals surface area contributed by atoms with E-state index in [1.54, 1.807) is 0 Å². The fourth-order valence-corrected chi connectivity index (χ4v) is 3.92. The van der Waals surface area contributed by atoms with Gasteiger partial charge in [0.15, 0.2) is 0 Å². The molecule has 0 saturated heterocycles. The van der Waals surface area contributed by atoms with Crippen LogP contribution in [0.1, 0.15) is 52.5 Å². The maximum atomic E-state index is 12.3. The third kappa shape index (κ3) is 2.62. The number of carbonyl (C=O) groups is 1. The Bertz CT molecular complexity index is 569. The predicted molar refractivity (Wildman–Crippen MR) is 87.5 cm³/mol. The molecule has 1 atom stereocenters. The Hall–Kier alpha value is -1.26. The van der Waals surface area contributed by atoms with Crippen molar-refractivity contribution in [3.05, 3.63) is 28.8 Å². The molecule has 1 aromatic rings. The number of carbonyl (C=O) groups excluding carboxylic acids is 1. The zero-order valence-corrected chi connectivity index (χ0v) is 14.1. The van der Waals surface area contributed by atoms with Gasteiger partial charge in [0.2, 0.25) is 0 Å². The number of hydrazine groups is 1. The van der Waals surface area contributed by atoms with E-state index in [0.29, 0.717) is 5.92 Å². The molecule has 2 rings (SSSR count). The van der Waals surface area contributed by atoms with E-state index in [9.17, 15) is 4.79 Å². The zero-order valence-electron chi connectivity index (χ0n) is 13.3. The predicted octanol–water partition coefficient (Wildman–Crippen LogP) is 3.20. The first-order valence-electron chi connectivity index (χ1n) is 7.22. The zero-order chi connectivity index (χ0) is 16.0. The normalized spacial score (nSPS) is 20.9. The summed E-state index contributed by atoms with van der Waals surface area (Å²) in [6.07, 6.45) is 0.946. The summed E-state index contributed by atoms with van der Waals surface area (Å²) in [5.74, 6) is 5.57. The van der Waals surface area contributed by atoms with Crippen LogP contribution in [0, 0.1) is 0 Å². The molecule has 1 aliphatic rings. The topological polar surface area (TPSA) is 58.4 Å². The Balaban J connectivity index is 2.63. The van der Waals surface area contributed by atoms with Crippen LogP contribution in [-0.2, 0) is 4.79 Å². The molecule has 1 aliphatic heterocycles. The van der Waals surface area contributed by atoms with Crippen molar-refractivity contribution >= 4 is 23.2 Å². The number of halogens is 1. The van der Waals surface area contributed by atoms with Crippen LogP contribution in [0.2, 0.25) is 5.02 Å². The maximum absolute atomic E-state index is 12.3. The molecule has 1 heterocycles. The molecule has 3 N–H and O–H groups in total. The highest BCUT2D eigenvalue weighted by Crippen LogP contribution is 2.47. The summed E-state index contributed by atoms with van der Waals surface area (Å²) < 4.78 is 0. The lowest BCUT2D eigenvalue weighted by Gasteiger charge is -2.54. The van der Waals surface area contributed by atoms with Crippen LogP contribution in [0.5, 0.6) is 0 Å². The van der Waals surface area contributed by atoms with Crippen LogP contribution in [0.3, 0.4) is 0 Å². The van der Waals surface area contributed by atoms with E-state index < -0.39 is 5.54 Å². The van der Waals surface area contributed by atoms with E-state index in [-0.39, 0.29) is 11.4 Å². The molecule has 0 aromatic heterocycles. The van der Waals surface area contributed by atoms with Crippen molar-refractivity contribution < 1.29 is 4.79 Å². The first kappa shape index (κ1) is 16.1. The molecule has 0 fully saturated rings. The summed E-state index contributed by atoms with van der Waals surface area (Å²) in [5.41, 5.74) is 3.61. The van der Waals surface area contributed by atoms with Gasteiger partial charge in [-0.05, 0) is 63.8 Å². The second-order valence-corrected chi connectivity index (χ2v) is 7.43. The van der Waals surface area contributed by atoms with Gasteiger partial charge in [0, 0.05) is 16.2 Å². The number of hydrogen-bond acceptors (Lipinski definition) is 3. The lowest BCUT2D eigenvalue weighted by atomic mass is 9.77. The van der Waals surface area contributed by atoms with E-state index in [1.165, 1.54) is 5.56 Å². The number of nitrogens with zero attached hydrogens (tertiary/aromatic N) is 1. The van der Waals surface area contributed by atoms with E-state index in [0.717, 1.165) is 17.1 Å². The molecule has 0 aliphatic carbocycles. The number of hydrogen-bond donors (Lipinski definition) is 2. The monoisotopic (exact) mass is 309 g/mol. The first-order valence-corrected chi connectivity index (χ1v) is 7.60. The second kappa shape index (κ2) is 5.18. The number of fused-ring (bicyclic) bond motifs is 1. The standard InChI is InChI=1S/C16H24ClN3O/c1-10-9-15(2,3)20(16(4,5)14(21)19-18)13-7-6-11(17)8-12(10)13/h6-8,10H,9,18H2,1-5H3,(H,19,21)/t10-/m0/s1. The molecule has 116 valence electrons. The van der Waals surface area contributed by atoms with Crippen LogP contribution in [0.15, 0.2) is 18.2 Å². The second-order valence-electron chi connectivity index (χ2n) is 6.99. The average Bonchev–Trinajstić information content (AvgIpc) is 2.37. The van der Waals surface area contributed by atoms with Crippen LogP contribution in [-0.4, -0.2) is 17.0 Å². The SMILES string of the molecule is C[C@H]1CC(C)(C)N(C(C)(C)C(=O)NN)c2ccc(Cl)cc21. The Morgan fingerprint density at radius 2 is 2.10 bits per heavy atom. The van der Waals surface area contributed by atoms with Crippen molar-refractivity contribution in [2.45, 2.75) is 58.0 Å². The Morgan fingerprint density at radius 1 is 1.48 bits per heavy atom. The largest absolute Gasteiger partial charge is 0.352 e. The van der Waals surface area contributed by atoms with Gasteiger partial charge in [-0.1, -0.05) is 18.5 Å². The number of nitrogens with two attached hydrogens (primary N) is 1. The molecular weight excluding hydrogens is 286 g/mol. The smallest absolute Gasteiger partial charge is 0.259 e. The summed E-state index contributed by atoms with van der Waals surface area (Å²) in [5, 5.41) is 0.723. The number of rotatable bonds is 2. The number of anilines is 1. The molecule has 0 saturated carbocycles. The molecule has 0 radical (unpaired) electrons. The number of amides is 1. The minimum Gasteiger partial charge on any atom is -0.352 e. The fraction of sp³-hybridized carbons (Fsp3) is 0.562. The molecule has 1 amide bonds. The van der Waals surface area contributed by atoms with Crippen LogP contribution in [0.4, 0.5) is 5.69 Å². The van der Waals surface area contributed by atoms with Gasteiger partial charge in [-0.25, -0.2) is 5.84 Å². The van der Waals surface area contributed by atoms with Crippen LogP contribution < -0.4 is 16.2 Å². The van der Waals surface area contributed by atoms with Gasteiger partial charge in [-0.15, -0.1) is 0 Å². The van der Waals surface area contributed by atoms with Crippen molar-refractivity contribution in [2.24, 2.45) is 5.84 Å². The van der Waals surface area contributed by atoms with Crippen LogP contribution >= 0.6 is 11.6 Å². The van der Waals surface area contributed by atoms with Gasteiger partial charge >= 0.3 is 0 Å². The van der Waals surface area contributed by atoms with Gasteiger partial charge in [-0.3, -0.25) is 10.2 Å². The molecule has 21 heavy (non-hydrogen) atoms. The molecule has 0 bridgehead atoms. The van der Waals surface area contributed by atoms with E-state index >= 15 is 0 Å². The minimum absolute atomic E-state index is 0.156. The van der Waals surface area contributed by atoms with Gasteiger partial charge in [0.25, 0.3) is 5.91 Å². The summed E-state index contributed by atoms with van der Waals surface area (Å²) in [6, 6.07) is 5.87. The molecule has 1 aromatic carbocycles. The summed E-state index contributed by atoms with van der Waals surface area (Å²) in [7, 11) is 0. The summed E-state index contributed by atoms with van der Waals surface area (Å²) in [4.78, 5) is 14.4. The minimum atomic E-state index is -0.749. The van der Waals surface area contributed by atoms with Crippen molar-refractivity contribution in [1.82, 2.24) is 5.43 Å². The highest BCUT2D eigenvalue weighted by Gasteiger charge is 2.46. The first-order chi connectivity index (χ1) is 9.61. The Morgan fingerprint density at radius 3 is 2.67 bits per heavy atom. The number of benzene rings is 1. The van der Waals surface area contributed by atoms with Crippen LogP contribution in [0.25, 0.3) is 0 Å². The van der Waals surface area contributed by atoms with E-state index in [1.807, 2.05) is 32.0 Å². The molecular formula is C16H24ClN3O. The number of nitrogens with one attached hydrogen (secondary N) is 1.